The zero-order chi connectivity index (χ0) is 14.9. The molecule has 0 saturated carbocycles. The van der Waals surface area contributed by atoms with Gasteiger partial charge in [0.2, 0.25) is 0 Å². The molecule has 0 radical (unpaired) electrons. The number of carbonyl (C=O) groups is 1. The number of H-pyrrole nitrogens is 1. The summed E-state index contributed by atoms with van der Waals surface area (Å²) in [5.41, 5.74) is 4.77. The fourth-order valence-electron chi connectivity index (χ4n) is 2.82. The van der Waals surface area contributed by atoms with Crippen LogP contribution in [0.15, 0.2) is 60.8 Å². The van der Waals surface area contributed by atoms with Crippen molar-refractivity contribution in [3.05, 3.63) is 77.6 Å². The van der Waals surface area contributed by atoms with Crippen LogP contribution in [0.4, 0.5) is 0 Å². The maximum Gasteiger partial charge on any atom is 0.167 e. The SMILES string of the molecule is O=C1Cc2ccccc2/C1=C/c1cnc(-c2ccccc2)[nH]1. The van der Waals surface area contributed by atoms with E-state index in [1.165, 1.54) is 0 Å². The van der Waals surface area contributed by atoms with Gasteiger partial charge < -0.3 is 4.98 Å². The van der Waals surface area contributed by atoms with Gasteiger partial charge in [0, 0.05) is 17.6 Å². The number of hydrogen-bond donors (Lipinski definition) is 1. The third kappa shape index (κ3) is 2.17. The number of nitrogens with zero attached hydrogens (tertiary/aromatic N) is 1. The predicted octanol–water partition coefficient (Wildman–Crippen LogP) is 3.74. The lowest BCUT2D eigenvalue weighted by Gasteiger charge is -1.98. The Labute approximate surface area is 128 Å². The summed E-state index contributed by atoms with van der Waals surface area (Å²) in [7, 11) is 0. The minimum absolute atomic E-state index is 0.164. The molecule has 0 aliphatic heterocycles. The lowest BCUT2D eigenvalue weighted by atomic mass is 10.1. The van der Waals surface area contributed by atoms with Crippen LogP contribution in [-0.2, 0) is 11.2 Å². The minimum Gasteiger partial charge on any atom is -0.338 e. The largest absolute Gasteiger partial charge is 0.338 e. The number of aromatic nitrogens is 2. The molecule has 1 aliphatic rings. The van der Waals surface area contributed by atoms with Gasteiger partial charge in [-0.05, 0) is 17.2 Å². The Morgan fingerprint density at radius 1 is 1.00 bits per heavy atom. The van der Waals surface area contributed by atoms with Gasteiger partial charge in [0.1, 0.15) is 5.82 Å². The van der Waals surface area contributed by atoms with E-state index in [0.717, 1.165) is 33.8 Å². The van der Waals surface area contributed by atoms with Crippen LogP contribution in [0.3, 0.4) is 0 Å². The molecular formula is C19H14N2O. The zero-order valence-corrected chi connectivity index (χ0v) is 11.9. The molecule has 22 heavy (non-hydrogen) atoms. The lowest BCUT2D eigenvalue weighted by molar-refractivity contribution is -0.112. The number of imidazole rings is 1. The topological polar surface area (TPSA) is 45.8 Å². The summed E-state index contributed by atoms with van der Waals surface area (Å²) in [5.74, 6) is 0.975. The Balaban J connectivity index is 1.72. The van der Waals surface area contributed by atoms with Crippen molar-refractivity contribution < 1.29 is 4.79 Å². The zero-order valence-electron chi connectivity index (χ0n) is 11.9. The molecule has 1 heterocycles. The van der Waals surface area contributed by atoms with Gasteiger partial charge in [-0.25, -0.2) is 4.98 Å². The van der Waals surface area contributed by atoms with Gasteiger partial charge in [-0.1, -0.05) is 54.6 Å². The summed E-state index contributed by atoms with van der Waals surface area (Å²) >= 11 is 0. The van der Waals surface area contributed by atoms with Gasteiger partial charge in [0.15, 0.2) is 5.78 Å². The van der Waals surface area contributed by atoms with Crippen LogP contribution in [0.1, 0.15) is 16.8 Å². The van der Waals surface area contributed by atoms with Gasteiger partial charge in [0.05, 0.1) is 11.9 Å². The van der Waals surface area contributed by atoms with Crippen molar-refractivity contribution in [3.8, 4) is 11.4 Å². The van der Waals surface area contributed by atoms with Crippen molar-refractivity contribution in [3.63, 3.8) is 0 Å². The number of Topliss-reactive ketones (excluding diaryl/α,β-unsaturated/α-hetero) is 1. The molecule has 3 nitrogen and oxygen atoms in total. The number of ketones is 1. The Bertz CT molecular complexity index is 875. The van der Waals surface area contributed by atoms with E-state index in [4.69, 9.17) is 0 Å². The predicted molar refractivity (Wildman–Crippen MR) is 87.0 cm³/mol. The van der Waals surface area contributed by atoms with Crippen LogP contribution < -0.4 is 0 Å². The van der Waals surface area contributed by atoms with E-state index in [1.807, 2.05) is 60.7 Å². The monoisotopic (exact) mass is 286 g/mol. The molecule has 0 saturated heterocycles. The van der Waals surface area contributed by atoms with Crippen LogP contribution in [0.25, 0.3) is 23.0 Å². The highest BCUT2D eigenvalue weighted by atomic mass is 16.1. The molecule has 1 aliphatic carbocycles. The molecule has 106 valence electrons. The van der Waals surface area contributed by atoms with Gasteiger partial charge in [-0.3, -0.25) is 4.79 Å². The van der Waals surface area contributed by atoms with E-state index in [2.05, 4.69) is 9.97 Å². The highest BCUT2D eigenvalue weighted by Gasteiger charge is 2.23. The molecular weight excluding hydrogens is 272 g/mol. The number of hydrogen-bond acceptors (Lipinski definition) is 2. The summed E-state index contributed by atoms with van der Waals surface area (Å²) in [6, 6.07) is 17.9. The van der Waals surface area contributed by atoms with Crippen LogP contribution >= 0.6 is 0 Å². The third-order valence-electron chi connectivity index (χ3n) is 3.90. The molecule has 4 rings (SSSR count). The molecule has 0 unspecified atom stereocenters. The molecule has 0 bridgehead atoms. The van der Waals surface area contributed by atoms with Crippen LogP contribution in [0.5, 0.6) is 0 Å². The summed E-state index contributed by atoms with van der Waals surface area (Å²) in [6.07, 6.45) is 4.15. The van der Waals surface area contributed by atoms with E-state index in [-0.39, 0.29) is 5.78 Å². The lowest BCUT2D eigenvalue weighted by Crippen LogP contribution is -1.93. The third-order valence-corrected chi connectivity index (χ3v) is 3.90. The van der Waals surface area contributed by atoms with Crippen molar-refractivity contribution in [2.24, 2.45) is 0 Å². The number of allylic oxidation sites excluding steroid dienone is 1. The average Bonchev–Trinajstić information content (AvgIpc) is 3.14. The van der Waals surface area contributed by atoms with Crippen LogP contribution in [0, 0.1) is 0 Å². The number of rotatable bonds is 2. The van der Waals surface area contributed by atoms with Gasteiger partial charge in [-0.15, -0.1) is 0 Å². The fraction of sp³-hybridized carbons (Fsp3) is 0.0526. The van der Waals surface area contributed by atoms with E-state index >= 15 is 0 Å². The first-order chi connectivity index (χ1) is 10.8. The fourth-order valence-corrected chi connectivity index (χ4v) is 2.82. The molecule has 3 aromatic rings. The first-order valence-electron chi connectivity index (χ1n) is 7.25. The first-order valence-corrected chi connectivity index (χ1v) is 7.25. The molecule has 0 atom stereocenters. The van der Waals surface area contributed by atoms with Crippen molar-refractivity contribution in [2.75, 3.05) is 0 Å². The van der Waals surface area contributed by atoms with E-state index < -0.39 is 0 Å². The Hall–Kier alpha value is -2.94. The summed E-state index contributed by atoms with van der Waals surface area (Å²) in [5, 5.41) is 0. The highest BCUT2D eigenvalue weighted by molar-refractivity contribution is 6.29. The molecule has 0 amide bonds. The van der Waals surface area contributed by atoms with Crippen molar-refractivity contribution in [1.82, 2.24) is 9.97 Å². The Morgan fingerprint density at radius 3 is 2.64 bits per heavy atom. The molecule has 3 heteroatoms. The van der Waals surface area contributed by atoms with Crippen molar-refractivity contribution >= 4 is 17.4 Å². The molecule has 1 N–H and O–H groups in total. The van der Waals surface area contributed by atoms with Gasteiger partial charge in [0.25, 0.3) is 0 Å². The molecule has 0 fully saturated rings. The van der Waals surface area contributed by atoms with Crippen molar-refractivity contribution in [2.45, 2.75) is 6.42 Å². The summed E-state index contributed by atoms with van der Waals surface area (Å²) < 4.78 is 0. The molecule has 2 aromatic carbocycles. The average molecular weight is 286 g/mol. The number of benzene rings is 2. The quantitative estimate of drug-likeness (QED) is 0.729. The number of carbonyl (C=O) groups excluding carboxylic acids is 1. The second-order valence-corrected chi connectivity index (χ2v) is 5.37. The Kier molecular flexibility index (Phi) is 2.97. The smallest absolute Gasteiger partial charge is 0.167 e. The van der Waals surface area contributed by atoms with Crippen LogP contribution in [-0.4, -0.2) is 15.8 Å². The second kappa shape index (κ2) is 5.11. The maximum absolute atomic E-state index is 12.2. The Morgan fingerprint density at radius 2 is 1.77 bits per heavy atom. The molecule has 0 spiro atoms. The minimum atomic E-state index is 0.164. The maximum atomic E-state index is 12.2. The number of aromatic amines is 1. The standard InChI is InChI=1S/C19H14N2O/c22-18-10-14-8-4-5-9-16(14)17(18)11-15-12-20-19(21-15)13-6-2-1-3-7-13/h1-9,11-12H,10H2,(H,20,21)/b17-11-. The van der Waals surface area contributed by atoms with E-state index in [0.29, 0.717) is 6.42 Å². The summed E-state index contributed by atoms with van der Waals surface area (Å²) in [4.78, 5) is 19.9. The van der Waals surface area contributed by atoms with E-state index in [1.54, 1.807) is 6.20 Å². The number of nitrogens with one attached hydrogen (secondary N) is 1. The van der Waals surface area contributed by atoms with Crippen LogP contribution in [0.2, 0.25) is 0 Å². The van der Waals surface area contributed by atoms with Gasteiger partial charge in [-0.2, -0.15) is 0 Å². The highest BCUT2D eigenvalue weighted by Crippen LogP contribution is 2.30. The van der Waals surface area contributed by atoms with Crippen molar-refractivity contribution in [1.29, 1.82) is 0 Å². The second-order valence-electron chi connectivity index (χ2n) is 5.37. The normalized spacial score (nSPS) is 15.3. The van der Waals surface area contributed by atoms with Gasteiger partial charge >= 0.3 is 0 Å². The summed E-state index contributed by atoms with van der Waals surface area (Å²) in [6.45, 7) is 0. The number of fused-ring (bicyclic) bond motifs is 1. The van der Waals surface area contributed by atoms with E-state index in [9.17, 15) is 4.79 Å². The first kappa shape index (κ1) is 12.8. The molecule has 1 aromatic heterocycles.